The molecule has 0 fully saturated rings. The number of nitrogens with zero attached hydrogens (tertiary/aromatic N) is 3. The van der Waals surface area contributed by atoms with Gasteiger partial charge in [0.05, 0.1) is 21.8 Å². The minimum Gasteiger partial charge on any atom is -0.487 e. The van der Waals surface area contributed by atoms with Crippen LogP contribution in [0.25, 0.3) is 10.9 Å². The summed E-state index contributed by atoms with van der Waals surface area (Å²) in [7, 11) is 0. The van der Waals surface area contributed by atoms with E-state index >= 15 is 0 Å². The number of nitro groups is 1. The highest BCUT2D eigenvalue weighted by atomic mass is 35.5. The van der Waals surface area contributed by atoms with Crippen LogP contribution in [0.3, 0.4) is 0 Å². The predicted molar refractivity (Wildman–Crippen MR) is 136 cm³/mol. The van der Waals surface area contributed by atoms with Crippen LogP contribution in [0.5, 0.6) is 5.75 Å². The third-order valence-corrected chi connectivity index (χ3v) is 5.73. The average Bonchev–Trinajstić information content (AvgIpc) is 2.84. The fraction of sp³-hybridized carbons (Fsp3) is 0.0833. The molecular weight excluding hydrogens is 476 g/mol. The van der Waals surface area contributed by atoms with Crippen molar-refractivity contribution >= 4 is 58.4 Å². The van der Waals surface area contributed by atoms with E-state index in [9.17, 15) is 14.9 Å². The van der Waals surface area contributed by atoms with Crippen molar-refractivity contribution < 1.29 is 14.5 Å². The van der Waals surface area contributed by atoms with E-state index < -0.39 is 11.0 Å². The molecular formula is C24H19ClN4O4S. The van der Waals surface area contributed by atoms with E-state index in [1.54, 1.807) is 31.2 Å². The van der Waals surface area contributed by atoms with E-state index in [1.165, 1.54) is 12.1 Å². The van der Waals surface area contributed by atoms with Gasteiger partial charge in [0, 0.05) is 17.1 Å². The van der Waals surface area contributed by atoms with Gasteiger partial charge in [0.25, 0.3) is 5.69 Å². The van der Waals surface area contributed by atoms with Crippen LogP contribution in [0.15, 0.2) is 72.8 Å². The fourth-order valence-corrected chi connectivity index (χ4v) is 3.78. The molecule has 0 radical (unpaired) electrons. The zero-order chi connectivity index (χ0) is 24.2. The molecule has 4 rings (SSSR count). The number of ether oxygens (including phenoxy) is 1. The third kappa shape index (κ3) is 5.22. The Morgan fingerprint density at radius 3 is 2.62 bits per heavy atom. The Balaban J connectivity index is 1.38. The standard InChI is InChI=1S/C24H19ClN4O4S/c1-15-12-23(29(31)32)20(25)13-22(15)28(34)24(30)27-17-8-10-19(11-9-17)33-14-18-7-6-16-4-2-3-5-21(16)26-18/h2-13,34H,14H2,1H3,(H,27,30). The van der Waals surface area contributed by atoms with E-state index in [4.69, 9.17) is 16.3 Å². The van der Waals surface area contributed by atoms with Gasteiger partial charge in [-0.1, -0.05) is 48.7 Å². The van der Waals surface area contributed by atoms with Gasteiger partial charge in [-0.25, -0.2) is 14.1 Å². The van der Waals surface area contributed by atoms with Crippen molar-refractivity contribution in [3.63, 3.8) is 0 Å². The average molecular weight is 495 g/mol. The summed E-state index contributed by atoms with van der Waals surface area (Å²) in [5, 5.41) is 14.7. The molecule has 0 aliphatic heterocycles. The maximum Gasteiger partial charge on any atom is 0.336 e. The van der Waals surface area contributed by atoms with E-state index in [0.29, 0.717) is 29.3 Å². The molecule has 0 atom stereocenters. The van der Waals surface area contributed by atoms with Gasteiger partial charge >= 0.3 is 6.03 Å². The maximum atomic E-state index is 12.6. The monoisotopic (exact) mass is 494 g/mol. The summed E-state index contributed by atoms with van der Waals surface area (Å²) in [6.45, 7) is 1.94. The summed E-state index contributed by atoms with van der Waals surface area (Å²) >= 11 is 10.2. The first-order valence-corrected chi connectivity index (χ1v) is 10.9. The lowest BCUT2D eigenvalue weighted by molar-refractivity contribution is -0.384. The number of anilines is 2. The van der Waals surface area contributed by atoms with Crippen LogP contribution in [0, 0.1) is 17.0 Å². The Hall–Kier alpha value is -3.82. The number of halogens is 1. The molecule has 0 saturated heterocycles. The summed E-state index contributed by atoms with van der Waals surface area (Å²) in [6.07, 6.45) is 0. The first-order valence-electron chi connectivity index (χ1n) is 10.1. The second-order valence-corrected chi connectivity index (χ2v) is 8.20. The number of benzene rings is 3. The minimum absolute atomic E-state index is 0.0835. The van der Waals surface area contributed by atoms with Crippen molar-refractivity contribution in [1.29, 1.82) is 0 Å². The summed E-state index contributed by atoms with van der Waals surface area (Å²) in [4.78, 5) is 27.7. The van der Waals surface area contributed by atoms with E-state index in [1.807, 2.05) is 36.4 Å². The molecule has 1 N–H and O–H groups in total. The van der Waals surface area contributed by atoms with Crippen molar-refractivity contribution in [1.82, 2.24) is 4.98 Å². The zero-order valence-corrected chi connectivity index (χ0v) is 19.6. The first-order chi connectivity index (χ1) is 16.3. The van der Waals surface area contributed by atoms with Gasteiger partial charge < -0.3 is 10.1 Å². The van der Waals surface area contributed by atoms with Crippen LogP contribution in [-0.2, 0) is 6.61 Å². The number of hydrogen-bond acceptors (Lipinski definition) is 6. The zero-order valence-electron chi connectivity index (χ0n) is 17.9. The third-order valence-electron chi connectivity index (χ3n) is 5.03. The summed E-state index contributed by atoms with van der Waals surface area (Å²) in [6, 6.07) is 20.7. The molecule has 3 aromatic carbocycles. The number of rotatable bonds is 6. The topological polar surface area (TPSA) is 97.6 Å². The number of aromatic nitrogens is 1. The predicted octanol–water partition coefficient (Wildman–Crippen LogP) is 6.57. The molecule has 0 bridgehead atoms. The molecule has 0 aliphatic rings. The number of hydrogen-bond donors (Lipinski definition) is 2. The van der Waals surface area contributed by atoms with Crippen molar-refractivity contribution in [3.05, 3.63) is 99.2 Å². The Labute approximate surface area is 205 Å². The highest BCUT2D eigenvalue weighted by Crippen LogP contribution is 2.33. The maximum absolute atomic E-state index is 12.6. The van der Waals surface area contributed by atoms with Crippen molar-refractivity contribution in [2.24, 2.45) is 0 Å². The van der Waals surface area contributed by atoms with Gasteiger partial charge in [-0.15, -0.1) is 0 Å². The lowest BCUT2D eigenvalue weighted by Gasteiger charge is -2.19. The lowest BCUT2D eigenvalue weighted by Crippen LogP contribution is -2.27. The Kier molecular flexibility index (Phi) is 6.85. The molecule has 1 heterocycles. The van der Waals surface area contributed by atoms with Gasteiger partial charge in [0.15, 0.2) is 0 Å². The van der Waals surface area contributed by atoms with E-state index in [-0.39, 0.29) is 10.7 Å². The van der Waals surface area contributed by atoms with Crippen LogP contribution >= 0.6 is 24.4 Å². The highest BCUT2D eigenvalue weighted by molar-refractivity contribution is 7.82. The largest absolute Gasteiger partial charge is 0.487 e. The van der Waals surface area contributed by atoms with Gasteiger partial charge in [0.2, 0.25) is 0 Å². The number of nitrogens with one attached hydrogen (secondary N) is 1. The smallest absolute Gasteiger partial charge is 0.336 e. The number of fused-ring (bicyclic) bond motifs is 1. The van der Waals surface area contributed by atoms with Crippen LogP contribution in [-0.4, -0.2) is 15.9 Å². The van der Waals surface area contributed by atoms with Crippen LogP contribution in [0.1, 0.15) is 11.3 Å². The molecule has 34 heavy (non-hydrogen) atoms. The quantitative estimate of drug-likeness (QED) is 0.179. The Morgan fingerprint density at radius 1 is 1.15 bits per heavy atom. The number of urea groups is 1. The van der Waals surface area contributed by atoms with Gasteiger partial charge in [-0.2, -0.15) is 0 Å². The molecule has 8 nitrogen and oxygen atoms in total. The van der Waals surface area contributed by atoms with Crippen LogP contribution in [0.4, 0.5) is 21.9 Å². The molecule has 2 amide bonds. The van der Waals surface area contributed by atoms with Crippen molar-refractivity contribution in [2.45, 2.75) is 13.5 Å². The van der Waals surface area contributed by atoms with Crippen LogP contribution in [0.2, 0.25) is 5.02 Å². The molecule has 0 aliphatic carbocycles. The van der Waals surface area contributed by atoms with Gasteiger partial charge in [-0.05, 0) is 55.0 Å². The molecule has 0 saturated carbocycles. The summed E-state index contributed by atoms with van der Waals surface area (Å²) in [5.74, 6) is 0.619. The number of para-hydroxylation sites is 1. The Morgan fingerprint density at radius 2 is 1.88 bits per heavy atom. The van der Waals surface area contributed by atoms with E-state index in [0.717, 1.165) is 20.9 Å². The van der Waals surface area contributed by atoms with Gasteiger partial charge in [0.1, 0.15) is 17.4 Å². The fourth-order valence-electron chi connectivity index (χ4n) is 3.29. The molecule has 4 aromatic rings. The first kappa shape index (κ1) is 23.3. The lowest BCUT2D eigenvalue weighted by atomic mass is 10.2. The normalized spacial score (nSPS) is 10.7. The molecule has 0 unspecified atom stereocenters. The summed E-state index contributed by atoms with van der Waals surface area (Å²) in [5.41, 5.74) is 2.80. The molecule has 0 spiro atoms. The number of pyridine rings is 1. The SMILES string of the molecule is Cc1cc([N+](=O)[O-])c(Cl)cc1N(S)C(=O)Nc1ccc(OCc2ccc3ccccc3n2)cc1. The number of aryl methyl sites for hydroxylation is 1. The molecule has 10 heteroatoms. The number of nitro benzene ring substituents is 1. The van der Waals surface area contributed by atoms with Crippen molar-refractivity contribution in [3.8, 4) is 5.75 Å². The van der Waals surface area contributed by atoms with Gasteiger partial charge in [-0.3, -0.25) is 10.1 Å². The highest BCUT2D eigenvalue weighted by Gasteiger charge is 2.20. The van der Waals surface area contributed by atoms with Crippen LogP contribution < -0.4 is 14.4 Å². The van der Waals surface area contributed by atoms with Crippen molar-refractivity contribution in [2.75, 3.05) is 9.62 Å². The second kappa shape index (κ2) is 9.98. The molecule has 1 aromatic heterocycles. The second-order valence-electron chi connectivity index (χ2n) is 7.40. The minimum atomic E-state index is -0.582. The Bertz CT molecular complexity index is 1380. The number of carbonyl (C=O) groups is 1. The molecule has 172 valence electrons. The summed E-state index contributed by atoms with van der Waals surface area (Å²) < 4.78 is 6.85. The number of amides is 2. The number of carbonyl (C=O) groups excluding carboxylic acids is 1. The van der Waals surface area contributed by atoms with E-state index in [2.05, 4.69) is 23.1 Å². The number of thiol groups is 1.